The fraction of sp³-hybridized carbons (Fsp3) is 0.222. The number of rotatable bonds is 1. The van der Waals surface area contributed by atoms with Crippen LogP contribution in [0.4, 0.5) is 5.13 Å². The van der Waals surface area contributed by atoms with Crippen molar-refractivity contribution < 1.29 is 4.74 Å². The summed E-state index contributed by atoms with van der Waals surface area (Å²) >= 11 is 1.46. The number of aromatic nitrogens is 1. The van der Waals surface area contributed by atoms with Crippen molar-refractivity contribution in [2.24, 2.45) is 0 Å². The minimum Gasteiger partial charge on any atom is -0.495 e. The Labute approximate surface area is 92.3 Å². The minimum atomic E-state index is 0. The van der Waals surface area contributed by atoms with Gasteiger partial charge in [0.25, 0.3) is 0 Å². The van der Waals surface area contributed by atoms with Crippen LogP contribution in [0.15, 0.2) is 12.1 Å². The highest BCUT2D eigenvalue weighted by atomic mass is 35.5. The monoisotopic (exact) mass is 230 g/mol. The van der Waals surface area contributed by atoms with Gasteiger partial charge < -0.3 is 10.5 Å². The Bertz CT molecular complexity index is 455. The van der Waals surface area contributed by atoms with Crippen LogP contribution in [-0.2, 0) is 0 Å². The lowest BCUT2D eigenvalue weighted by Gasteiger charge is -2.00. The van der Waals surface area contributed by atoms with Gasteiger partial charge >= 0.3 is 0 Å². The Morgan fingerprint density at radius 2 is 2.14 bits per heavy atom. The van der Waals surface area contributed by atoms with E-state index in [-0.39, 0.29) is 12.4 Å². The SMILES string of the molecule is COc1ccc(C)c2nc(N)sc12.Cl. The van der Waals surface area contributed by atoms with Crippen molar-refractivity contribution in [2.75, 3.05) is 12.8 Å². The lowest BCUT2D eigenvalue weighted by Crippen LogP contribution is -1.84. The zero-order valence-corrected chi connectivity index (χ0v) is 9.54. The van der Waals surface area contributed by atoms with Crippen LogP contribution < -0.4 is 10.5 Å². The van der Waals surface area contributed by atoms with Crippen LogP contribution in [0.3, 0.4) is 0 Å². The topological polar surface area (TPSA) is 48.1 Å². The third-order valence-electron chi connectivity index (χ3n) is 1.95. The molecule has 0 spiro atoms. The summed E-state index contributed by atoms with van der Waals surface area (Å²) in [4.78, 5) is 4.24. The second-order valence-corrected chi connectivity index (χ2v) is 3.85. The predicted octanol–water partition coefficient (Wildman–Crippen LogP) is 2.62. The number of thiazole rings is 1. The zero-order chi connectivity index (χ0) is 9.42. The van der Waals surface area contributed by atoms with Gasteiger partial charge in [0.2, 0.25) is 0 Å². The summed E-state index contributed by atoms with van der Waals surface area (Å²) in [6.45, 7) is 2.01. The van der Waals surface area contributed by atoms with E-state index >= 15 is 0 Å². The molecule has 0 radical (unpaired) electrons. The second-order valence-electron chi connectivity index (χ2n) is 2.81. The maximum Gasteiger partial charge on any atom is 0.181 e. The van der Waals surface area contributed by atoms with E-state index in [9.17, 15) is 0 Å². The summed E-state index contributed by atoms with van der Waals surface area (Å²) in [6, 6.07) is 3.93. The summed E-state index contributed by atoms with van der Waals surface area (Å²) in [5.41, 5.74) is 7.71. The van der Waals surface area contributed by atoms with Gasteiger partial charge in [0.15, 0.2) is 5.13 Å². The van der Waals surface area contributed by atoms with E-state index in [4.69, 9.17) is 10.5 Å². The number of halogens is 1. The van der Waals surface area contributed by atoms with Gasteiger partial charge in [-0.1, -0.05) is 17.4 Å². The Morgan fingerprint density at radius 3 is 2.79 bits per heavy atom. The number of methoxy groups -OCH3 is 1. The molecule has 0 saturated carbocycles. The summed E-state index contributed by atoms with van der Waals surface area (Å²) in [7, 11) is 1.65. The van der Waals surface area contributed by atoms with Gasteiger partial charge in [0, 0.05) is 0 Å². The molecule has 2 aromatic rings. The van der Waals surface area contributed by atoms with E-state index in [0.717, 1.165) is 21.5 Å². The Balaban J connectivity index is 0.000000980. The molecular weight excluding hydrogens is 220 g/mol. The molecule has 0 unspecified atom stereocenters. The van der Waals surface area contributed by atoms with E-state index in [1.807, 2.05) is 19.1 Å². The first kappa shape index (κ1) is 11.1. The molecule has 14 heavy (non-hydrogen) atoms. The maximum atomic E-state index is 5.63. The highest BCUT2D eigenvalue weighted by Gasteiger charge is 2.08. The third-order valence-corrected chi connectivity index (χ3v) is 2.84. The largest absolute Gasteiger partial charge is 0.495 e. The number of fused-ring (bicyclic) bond motifs is 1. The van der Waals surface area contributed by atoms with Gasteiger partial charge in [0.1, 0.15) is 5.75 Å². The normalized spacial score (nSPS) is 9.86. The fourth-order valence-electron chi connectivity index (χ4n) is 1.29. The molecule has 0 fully saturated rings. The number of aryl methyl sites for hydroxylation is 1. The summed E-state index contributed by atoms with van der Waals surface area (Å²) in [6.07, 6.45) is 0. The van der Waals surface area contributed by atoms with Gasteiger partial charge in [-0.15, -0.1) is 12.4 Å². The van der Waals surface area contributed by atoms with Crippen molar-refractivity contribution in [2.45, 2.75) is 6.92 Å². The van der Waals surface area contributed by atoms with Crippen molar-refractivity contribution >= 4 is 39.1 Å². The van der Waals surface area contributed by atoms with E-state index in [1.54, 1.807) is 7.11 Å². The molecule has 0 bridgehead atoms. The number of hydrogen-bond donors (Lipinski definition) is 1. The van der Waals surface area contributed by atoms with Crippen molar-refractivity contribution in [1.29, 1.82) is 0 Å². The van der Waals surface area contributed by atoms with E-state index in [2.05, 4.69) is 4.98 Å². The number of ether oxygens (including phenoxy) is 1. The van der Waals surface area contributed by atoms with E-state index in [0.29, 0.717) is 5.13 Å². The standard InChI is InChI=1S/C9H10N2OS.ClH/c1-5-3-4-6(12-2)8-7(5)11-9(10)13-8;/h3-4H,1-2H3,(H2,10,11);1H. The molecule has 1 heterocycles. The summed E-state index contributed by atoms with van der Waals surface area (Å²) in [5.74, 6) is 0.842. The second kappa shape index (κ2) is 4.02. The van der Waals surface area contributed by atoms with Gasteiger partial charge in [-0.3, -0.25) is 0 Å². The van der Waals surface area contributed by atoms with Gasteiger partial charge in [0.05, 0.1) is 17.3 Å². The first-order valence-corrected chi connectivity index (χ1v) is 4.73. The Morgan fingerprint density at radius 1 is 1.43 bits per heavy atom. The molecule has 0 atom stereocenters. The number of nitrogens with two attached hydrogens (primary N) is 1. The third kappa shape index (κ3) is 1.63. The molecule has 0 amide bonds. The minimum absolute atomic E-state index is 0. The lowest BCUT2D eigenvalue weighted by atomic mass is 10.2. The summed E-state index contributed by atoms with van der Waals surface area (Å²) < 4.78 is 6.24. The predicted molar refractivity (Wildman–Crippen MR) is 62.6 cm³/mol. The zero-order valence-electron chi connectivity index (χ0n) is 7.90. The van der Waals surface area contributed by atoms with Crippen molar-refractivity contribution in [1.82, 2.24) is 4.98 Å². The smallest absolute Gasteiger partial charge is 0.181 e. The van der Waals surface area contributed by atoms with Gasteiger partial charge in [-0.25, -0.2) is 4.98 Å². The molecule has 1 aromatic heterocycles. The molecule has 0 aliphatic carbocycles. The number of anilines is 1. The number of nitrogen functional groups attached to an aromatic ring is 1. The highest BCUT2D eigenvalue weighted by Crippen LogP contribution is 2.33. The average molecular weight is 231 g/mol. The van der Waals surface area contributed by atoms with Crippen LogP contribution in [0.5, 0.6) is 5.75 Å². The molecule has 2 rings (SSSR count). The molecule has 5 heteroatoms. The maximum absolute atomic E-state index is 5.63. The van der Waals surface area contributed by atoms with E-state index in [1.165, 1.54) is 11.3 Å². The van der Waals surface area contributed by atoms with Crippen LogP contribution in [0.25, 0.3) is 10.2 Å². The van der Waals surface area contributed by atoms with Crippen molar-refractivity contribution in [3.8, 4) is 5.75 Å². The number of nitrogens with zero attached hydrogens (tertiary/aromatic N) is 1. The molecule has 0 aliphatic heterocycles. The van der Waals surface area contributed by atoms with Crippen molar-refractivity contribution in [3.05, 3.63) is 17.7 Å². The highest BCUT2D eigenvalue weighted by molar-refractivity contribution is 7.22. The van der Waals surface area contributed by atoms with Crippen LogP contribution in [-0.4, -0.2) is 12.1 Å². The average Bonchev–Trinajstić information content (AvgIpc) is 2.48. The first-order valence-electron chi connectivity index (χ1n) is 3.92. The van der Waals surface area contributed by atoms with Gasteiger partial charge in [-0.05, 0) is 18.6 Å². The van der Waals surface area contributed by atoms with Crippen LogP contribution in [0.1, 0.15) is 5.56 Å². The Kier molecular flexibility index (Phi) is 3.18. The van der Waals surface area contributed by atoms with E-state index < -0.39 is 0 Å². The number of benzene rings is 1. The molecule has 76 valence electrons. The Hall–Kier alpha value is -1.00. The first-order chi connectivity index (χ1) is 6.22. The van der Waals surface area contributed by atoms with Gasteiger partial charge in [-0.2, -0.15) is 0 Å². The van der Waals surface area contributed by atoms with Crippen LogP contribution in [0, 0.1) is 6.92 Å². The van der Waals surface area contributed by atoms with Crippen LogP contribution in [0.2, 0.25) is 0 Å². The molecule has 0 aliphatic rings. The molecule has 0 saturated heterocycles. The quantitative estimate of drug-likeness (QED) is 0.819. The molecule has 1 aromatic carbocycles. The molecular formula is C9H11ClN2OS. The van der Waals surface area contributed by atoms with Crippen LogP contribution >= 0.6 is 23.7 Å². The molecule has 3 nitrogen and oxygen atoms in total. The number of hydrogen-bond acceptors (Lipinski definition) is 4. The van der Waals surface area contributed by atoms with Crippen molar-refractivity contribution in [3.63, 3.8) is 0 Å². The lowest BCUT2D eigenvalue weighted by molar-refractivity contribution is 0.420. The fourth-order valence-corrected chi connectivity index (χ4v) is 2.19. The molecule has 2 N–H and O–H groups in total. The summed E-state index contributed by atoms with van der Waals surface area (Å²) in [5, 5.41) is 0.586.